The van der Waals surface area contributed by atoms with Gasteiger partial charge in [0.25, 0.3) is 0 Å². The summed E-state index contributed by atoms with van der Waals surface area (Å²) in [5.41, 5.74) is -0.935. The summed E-state index contributed by atoms with van der Waals surface area (Å²) in [6.45, 7) is 10.2. The Morgan fingerprint density at radius 1 is 1.17 bits per heavy atom. The monoisotopic (exact) mass is 331 g/mol. The predicted octanol–water partition coefficient (Wildman–Crippen LogP) is 5.10. The Morgan fingerprint density at radius 3 is 2.25 bits per heavy atom. The molecule has 3 unspecified atom stereocenters. The first-order valence-corrected chi connectivity index (χ1v) is 9.75. The molecule has 4 aliphatic rings. The highest BCUT2D eigenvalue weighted by Gasteiger charge is 2.63. The van der Waals surface area contributed by atoms with Gasteiger partial charge in [-0.05, 0) is 89.9 Å². The topological polar surface area (TPSA) is 50.1 Å². The highest BCUT2D eigenvalue weighted by molar-refractivity contribution is 5.76. The van der Waals surface area contributed by atoms with Gasteiger partial charge in [0, 0.05) is 11.8 Å². The van der Waals surface area contributed by atoms with E-state index in [0.717, 1.165) is 31.1 Å². The van der Waals surface area contributed by atoms with Crippen LogP contribution in [0.15, 0.2) is 0 Å². The molecular formula is C21H33NO2. The number of carbonyl (C=O) groups is 1. The molecule has 3 heteroatoms. The van der Waals surface area contributed by atoms with E-state index in [1.807, 2.05) is 20.8 Å². The van der Waals surface area contributed by atoms with Gasteiger partial charge in [0.15, 0.2) is 0 Å². The van der Waals surface area contributed by atoms with Crippen LogP contribution in [0.25, 0.3) is 0 Å². The number of carbonyl (C=O) groups excluding carboxylic acids is 1. The lowest BCUT2D eigenvalue weighted by atomic mass is 9.41. The number of hydrogen-bond donors (Lipinski definition) is 0. The summed E-state index contributed by atoms with van der Waals surface area (Å²) < 4.78 is 6.21. The van der Waals surface area contributed by atoms with E-state index >= 15 is 0 Å². The van der Waals surface area contributed by atoms with E-state index in [9.17, 15) is 10.1 Å². The Kier molecular flexibility index (Phi) is 4.26. The van der Waals surface area contributed by atoms with Crippen LogP contribution >= 0.6 is 0 Å². The average molecular weight is 332 g/mol. The first-order valence-electron chi connectivity index (χ1n) is 9.75. The molecule has 0 spiro atoms. The summed E-state index contributed by atoms with van der Waals surface area (Å²) in [4.78, 5) is 12.8. The normalized spacial score (nSPS) is 38.0. The molecule has 3 nitrogen and oxygen atoms in total. The number of nitrogens with zero attached hydrogens (tertiary/aromatic N) is 1. The molecule has 4 bridgehead atoms. The fraction of sp³-hybridized carbons (Fsp3) is 0.905. The van der Waals surface area contributed by atoms with Gasteiger partial charge in [-0.15, -0.1) is 0 Å². The zero-order valence-electron chi connectivity index (χ0n) is 16.0. The molecule has 3 atom stereocenters. The lowest BCUT2D eigenvalue weighted by molar-refractivity contribution is -0.226. The van der Waals surface area contributed by atoms with Crippen molar-refractivity contribution in [3.63, 3.8) is 0 Å². The number of ether oxygens (including phenoxy) is 1. The third-order valence-electron chi connectivity index (χ3n) is 7.82. The van der Waals surface area contributed by atoms with Crippen molar-refractivity contribution < 1.29 is 9.53 Å². The van der Waals surface area contributed by atoms with Crippen molar-refractivity contribution >= 4 is 5.97 Å². The maximum Gasteiger partial charge on any atom is 0.312 e. The van der Waals surface area contributed by atoms with Gasteiger partial charge in [-0.1, -0.05) is 6.92 Å². The summed E-state index contributed by atoms with van der Waals surface area (Å²) in [6.07, 6.45) is 7.59. The molecule has 0 aromatic carbocycles. The zero-order chi connectivity index (χ0) is 17.8. The molecule has 4 aliphatic carbocycles. The Labute approximate surface area is 147 Å². The van der Waals surface area contributed by atoms with E-state index in [1.54, 1.807) is 0 Å². The lowest BCUT2D eigenvalue weighted by Gasteiger charge is -2.65. The van der Waals surface area contributed by atoms with Crippen molar-refractivity contribution in [1.82, 2.24) is 0 Å². The van der Waals surface area contributed by atoms with Crippen LogP contribution in [0.2, 0.25) is 0 Å². The van der Waals surface area contributed by atoms with Crippen molar-refractivity contribution in [2.24, 2.45) is 34.5 Å². The molecule has 0 N–H and O–H groups in total. The smallest absolute Gasteiger partial charge is 0.312 e. The highest BCUT2D eigenvalue weighted by Crippen LogP contribution is 2.67. The molecule has 0 heterocycles. The Morgan fingerprint density at radius 2 is 1.75 bits per heavy atom. The fourth-order valence-electron chi connectivity index (χ4n) is 6.16. The van der Waals surface area contributed by atoms with Crippen LogP contribution < -0.4 is 0 Å². The first-order chi connectivity index (χ1) is 11.1. The standard InChI is InChI=1S/C21H33NO2/c1-6-19(2,3)18(23)24-20(4,5)21-12-14-9-15(13-21)11-16(10-14)17(21)7-8-22/h14-17H,6-7,9-13H2,1-5H3. The summed E-state index contributed by atoms with van der Waals surface area (Å²) in [5, 5.41) is 9.42. The van der Waals surface area contributed by atoms with Gasteiger partial charge in [-0.25, -0.2) is 0 Å². The molecule has 4 saturated carbocycles. The summed E-state index contributed by atoms with van der Waals surface area (Å²) in [7, 11) is 0. The third-order valence-corrected chi connectivity index (χ3v) is 7.82. The zero-order valence-corrected chi connectivity index (χ0v) is 16.0. The molecule has 0 radical (unpaired) electrons. The highest BCUT2D eigenvalue weighted by atomic mass is 16.6. The van der Waals surface area contributed by atoms with Crippen LogP contribution in [0.4, 0.5) is 0 Å². The minimum absolute atomic E-state index is 0.00301. The van der Waals surface area contributed by atoms with E-state index in [-0.39, 0.29) is 11.4 Å². The van der Waals surface area contributed by atoms with Gasteiger partial charge in [0.1, 0.15) is 5.60 Å². The number of nitriles is 1. The molecule has 0 saturated heterocycles. The van der Waals surface area contributed by atoms with Crippen molar-refractivity contribution in [2.75, 3.05) is 0 Å². The molecule has 134 valence electrons. The summed E-state index contributed by atoms with van der Waals surface area (Å²) >= 11 is 0. The molecule has 4 rings (SSSR count). The molecule has 24 heavy (non-hydrogen) atoms. The SMILES string of the molecule is CCC(C)(C)C(=O)OC(C)(C)C12CC3CC(CC(C3)C1CC#N)C2. The summed E-state index contributed by atoms with van der Waals surface area (Å²) in [6, 6.07) is 2.45. The van der Waals surface area contributed by atoms with Crippen molar-refractivity contribution in [3.8, 4) is 6.07 Å². The van der Waals surface area contributed by atoms with Gasteiger partial charge in [0.05, 0.1) is 11.5 Å². The van der Waals surface area contributed by atoms with E-state index in [0.29, 0.717) is 18.3 Å². The first kappa shape index (κ1) is 17.8. The number of esters is 1. The molecular weight excluding hydrogens is 298 g/mol. The van der Waals surface area contributed by atoms with Crippen LogP contribution in [-0.4, -0.2) is 11.6 Å². The van der Waals surface area contributed by atoms with Gasteiger partial charge >= 0.3 is 5.97 Å². The van der Waals surface area contributed by atoms with Crippen molar-refractivity contribution in [2.45, 2.75) is 85.2 Å². The number of rotatable bonds is 5. The lowest BCUT2D eigenvalue weighted by Crippen LogP contribution is -2.62. The molecule has 4 fully saturated rings. The number of hydrogen-bond acceptors (Lipinski definition) is 3. The van der Waals surface area contributed by atoms with E-state index in [1.165, 1.54) is 19.3 Å². The molecule has 0 aromatic heterocycles. The molecule has 0 aliphatic heterocycles. The van der Waals surface area contributed by atoms with Gasteiger partial charge in [0.2, 0.25) is 0 Å². The molecule has 0 aromatic rings. The van der Waals surface area contributed by atoms with Crippen molar-refractivity contribution in [1.29, 1.82) is 5.26 Å². The van der Waals surface area contributed by atoms with Crippen LogP contribution in [0, 0.1) is 45.8 Å². The van der Waals surface area contributed by atoms with Crippen LogP contribution in [-0.2, 0) is 9.53 Å². The van der Waals surface area contributed by atoms with Crippen molar-refractivity contribution in [3.05, 3.63) is 0 Å². The van der Waals surface area contributed by atoms with E-state index in [4.69, 9.17) is 4.74 Å². The van der Waals surface area contributed by atoms with Gasteiger partial charge in [-0.2, -0.15) is 5.26 Å². The largest absolute Gasteiger partial charge is 0.459 e. The fourth-order valence-corrected chi connectivity index (χ4v) is 6.16. The van der Waals surface area contributed by atoms with E-state index in [2.05, 4.69) is 19.9 Å². The third kappa shape index (κ3) is 2.57. The van der Waals surface area contributed by atoms with Crippen LogP contribution in [0.3, 0.4) is 0 Å². The van der Waals surface area contributed by atoms with E-state index < -0.39 is 11.0 Å². The van der Waals surface area contributed by atoms with Gasteiger partial charge < -0.3 is 4.74 Å². The van der Waals surface area contributed by atoms with Gasteiger partial charge in [-0.3, -0.25) is 4.79 Å². The average Bonchev–Trinajstić information content (AvgIpc) is 2.49. The second-order valence-electron chi connectivity index (χ2n) is 9.87. The summed E-state index contributed by atoms with van der Waals surface area (Å²) in [5.74, 6) is 2.52. The second kappa shape index (κ2) is 5.75. The quantitative estimate of drug-likeness (QED) is 0.658. The second-order valence-corrected chi connectivity index (χ2v) is 9.87. The Hall–Kier alpha value is -1.04. The minimum Gasteiger partial charge on any atom is -0.459 e. The minimum atomic E-state index is -0.492. The predicted molar refractivity (Wildman–Crippen MR) is 94.0 cm³/mol. The van der Waals surface area contributed by atoms with Crippen LogP contribution in [0.1, 0.15) is 79.6 Å². The maximum absolute atomic E-state index is 12.8. The molecule has 0 amide bonds. The Bertz CT molecular complexity index is 543. The van der Waals surface area contributed by atoms with Crippen LogP contribution in [0.5, 0.6) is 0 Å². The Balaban J connectivity index is 1.91. The maximum atomic E-state index is 12.8.